The number of rotatable bonds is 3. The van der Waals surface area contributed by atoms with E-state index in [1.54, 1.807) is 0 Å². The number of carbonyl (C=O) groups is 2. The molecule has 2 N–H and O–H groups in total. The number of nitrogens with zero attached hydrogens (tertiary/aromatic N) is 2. The molecule has 6 nitrogen and oxygen atoms in total. The second-order valence-electron chi connectivity index (χ2n) is 3.65. The Morgan fingerprint density at radius 1 is 1.35 bits per heavy atom. The zero-order chi connectivity index (χ0) is 14.7. The van der Waals surface area contributed by atoms with Gasteiger partial charge in [0, 0.05) is 6.20 Å². The molecule has 0 spiro atoms. The predicted octanol–water partition coefficient (Wildman–Crippen LogP) is 2.22. The Bertz CT molecular complexity index is 693. The van der Waals surface area contributed by atoms with Gasteiger partial charge in [-0.1, -0.05) is 11.6 Å². The summed E-state index contributed by atoms with van der Waals surface area (Å²) in [6.45, 7) is 0. The first kappa shape index (κ1) is 13.9. The van der Waals surface area contributed by atoms with Gasteiger partial charge in [-0.3, -0.25) is 4.79 Å². The molecule has 102 valence electrons. The average molecular weight is 296 g/mol. The van der Waals surface area contributed by atoms with Crippen molar-refractivity contribution in [1.29, 1.82) is 0 Å². The number of aromatic carboxylic acids is 1. The van der Waals surface area contributed by atoms with E-state index in [2.05, 4.69) is 15.3 Å². The minimum Gasteiger partial charge on any atom is -0.476 e. The van der Waals surface area contributed by atoms with Gasteiger partial charge in [-0.25, -0.2) is 19.2 Å². The standard InChI is InChI=1S/C12H7ClFN3O3/c13-10-7(4-6(14)5-16-10)11(18)17-8-2-1-3-15-9(8)12(19)20/h1-5H,(H,17,18)(H,19,20). The summed E-state index contributed by atoms with van der Waals surface area (Å²) in [5, 5.41) is 11.0. The summed E-state index contributed by atoms with van der Waals surface area (Å²) in [5.74, 6) is -2.81. The van der Waals surface area contributed by atoms with Crippen LogP contribution in [0, 0.1) is 5.82 Å². The molecule has 2 aromatic heterocycles. The minimum absolute atomic E-state index is 0.0228. The molecule has 1 amide bonds. The van der Waals surface area contributed by atoms with Gasteiger partial charge in [0.25, 0.3) is 5.91 Å². The van der Waals surface area contributed by atoms with Crippen molar-refractivity contribution in [3.05, 3.63) is 52.8 Å². The number of hydrogen-bond acceptors (Lipinski definition) is 4. The van der Waals surface area contributed by atoms with E-state index in [1.807, 2.05) is 0 Å². The average Bonchev–Trinajstić information content (AvgIpc) is 2.41. The molecule has 0 bridgehead atoms. The Balaban J connectivity index is 2.33. The van der Waals surface area contributed by atoms with E-state index in [0.29, 0.717) is 0 Å². The smallest absolute Gasteiger partial charge is 0.356 e. The molecule has 2 aromatic rings. The summed E-state index contributed by atoms with van der Waals surface area (Å²) in [6, 6.07) is 3.71. The molecule has 0 aliphatic carbocycles. The van der Waals surface area contributed by atoms with Crippen molar-refractivity contribution in [2.45, 2.75) is 0 Å². The second kappa shape index (κ2) is 5.62. The SMILES string of the molecule is O=C(Nc1cccnc1C(=O)O)c1cc(F)cnc1Cl. The lowest BCUT2D eigenvalue weighted by Gasteiger charge is -2.08. The predicted molar refractivity (Wildman–Crippen MR) is 68.4 cm³/mol. The van der Waals surface area contributed by atoms with E-state index in [-0.39, 0.29) is 22.1 Å². The number of anilines is 1. The third-order valence-electron chi connectivity index (χ3n) is 2.31. The summed E-state index contributed by atoms with van der Waals surface area (Å²) in [4.78, 5) is 30.0. The molecule has 0 unspecified atom stereocenters. The number of carboxylic acid groups (broad SMARTS) is 1. The highest BCUT2D eigenvalue weighted by atomic mass is 35.5. The zero-order valence-corrected chi connectivity index (χ0v) is 10.6. The Morgan fingerprint density at radius 3 is 2.80 bits per heavy atom. The molecule has 0 aliphatic heterocycles. The van der Waals surface area contributed by atoms with E-state index in [9.17, 15) is 14.0 Å². The highest BCUT2D eigenvalue weighted by Gasteiger charge is 2.17. The largest absolute Gasteiger partial charge is 0.476 e. The van der Waals surface area contributed by atoms with Gasteiger partial charge in [-0.05, 0) is 18.2 Å². The molecular weight excluding hydrogens is 289 g/mol. The van der Waals surface area contributed by atoms with Crippen LogP contribution in [0.2, 0.25) is 5.15 Å². The topological polar surface area (TPSA) is 92.2 Å². The van der Waals surface area contributed by atoms with Crippen molar-refractivity contribution in [2.24, 2.45) is 0 Å². The van der Waals surface area contributed by atoms with E-state index in [4.69, 9.17) is 16.7 Å². The third-order valence-corrected chi connectivity index (χ3v) is 2.61. The van der Waals surface area contributed by atoms with Crippen LogP contribution in [0.1, 0.15) is 20.8 Å². The normalized spacial score (nSPS) is 10.1. The quantitative estimate of drug-likeness (QED) is 0.847. The number of amides is 1. The number of hydrogen-bond donors (Lipinski definition) is 2. The molecule has 8 heteroatoms. The summed E-state index contributed by atoms with van der Waals surface area (Å²) >= 11 is 5.69. The molecule has 0 aliphatic rings. The van der Waals surface area contributed by atoms with Gasteiger partial charge in [0.2, 0.25) is 0 Å². The molecule has 0 atom stereocenters. The Morgan fingerprint density at radius 2 is 2.10 bits per heavy atom. The lowest BCUT2D eigenvalue weighted by molar-refractivity contribution is 0.0691. The number of pyridine rings is 2. The van der Waals surface area contributed by atoms with Crippen LogP contribution in [0.5, 0.6) is 0 Å². The first-order valence-electron chi connectivity index (χ1n) is 5.29. The van der Waals surface area contributed by atoms with Crippen LogP contribution in [0.25, 0.3) is 0 Å². The van der Waals surface area contributed by atoms with E-state index < -0.39 is 17.7 Å². The fourth-order valence-corrected chi connectivity index (χ4v) is 1.64. The first-order chi connectivity index (χ1) is 9.49. The minimum atomic E-state index is -1.30. The summed E-state index contributed by atoms with van der Waals surface area (Å²) in [6.07, 6.45) is 2.14. The molecule has 0 saturated heterocycles. The molecule has 0 radical (unpaired) electrons. The number of carboxylic acids is 1. The second-order valence-corrected chi connectivity index (χ2v) is 4.01. The Labute approximate surface area is 117 Å². The van der Waals surface area contributed by atoms with E-state index in [1.165, 1.54) is 18.3 Å². The maximum absolute atomic E-state index is 13.0. The van der Waals surface area contributed by atoms with Crippen LogP contribution in [0.15, 0.2) is 30.6 Å². The Kier molecular flexibility index (Phi) is 3.90. The summed E-state index contributed by atoms with van der Waals surface area (Å²) < 4.78 is 13.0. The van der Waals surface area contributed by atoms with Gasteiger partial charge in [0.05, 0.1) is 17.4 Å². The highest BCUT2D eigenvalue weighted by Crippen LogP contribution is 2.18. The van der Waals surface area contributed by atoms with E-state index in [0.717, 1.165) is 12.3 Å². The maximum Gasteiger partial charge on any atom is 0.356 e. The van der Waals surface area contributed by atoms with Gasteiger partial charge in [-0.2, -0.15) is 0 Å². The van der Waals surface area contributed by atoms with Gasteiger partial charge >= 0.3 is 5.97 Å². The fourth-order valence-electron chi connectivity index (χ4n) is 1.45. The van der Waals surface area contributed by atoms with Crippen molar-refractivity contribution < 1.29 is 19.1 Å². The van der Waals surface area contributed by atoms with Crippen LogP contribution >= 0.6 is 11.6 Å². The number of aromatic nitrogens is 2. The van der Waals surface area contributed by atoms with Gasteiger partial charge in [0.1, 0.15) is 11.0 Å². The maximum atomic E-state index is 13.0. The third kappa shape index (κ3) is 2.89. The molecule has 2 heterocycles. The monoisotopic (exact) mass is 295 g/mol. The molecule has 2 rings (SSSR count). The molecule has 0 aromatic carbocycles. The number of nitrogens with one attached hydrogen (secondary N) is 1. The highest BCUT2D eigenvalue weighted by molar-refractivity contribution is 6.33. The first-order valence-corrected chi connectivity index (χ1v) is 5.67. The van der Waals surface area contributed by atoms with Crippen molar-refractivity contribution in [3.8, 4) is 0 Å². The Hall–Kier alpha value is -2.54. The van der Waals surface area contributed by atoms with Crippen LogP contribution < -0.4 is 5.32 Å². The number of carbonyl (C=O) groups excluding carboxylic acids is 1. The molecule has 0 saturated carbocycles. The van der Waals surface area contributed by atoms with Crippen LogP contribution in [-0.2, 0) is 0 Å². The summed E-state index contributed by atoms with van der Waals surface area (Å²) in [5.41, 5.74) is -0.557. The zero-order valence-electron chi connectivity index (χ0n) is 9.80. The van der Waals surface area contributed by atoms with Gasteiger partial charge < -0.3 is 10.4 Å². The van der Waals surface area contributed by atoms with Crippen LogP contribution in [0.3, 0.4) is 0 Å². The van der Waals surface area contributed by atoms with Crippen molar-refractivity contribution >= 4 is 29.2 Å². The summed E-state index contributed by atoms with van der Waals surface area (Å²) in [7, 11) is 0. The van der Waals surface area contributed by atoms with Crippen LogP contribution in [0.4, 0.5) is 10.1 Å². The van der Waals surface area contributed by atoms with E-state index >= 15 is 0 Å². The fraction of sp³-hybridized carbons (Fsp3) is 0. The van der Waals surface area contributed by atoms with Crippen molar-refractivity contribution in [2.75, 3.05) is 5.32 Å². The van der Waals surface area contributed by atoms with Gasteiger partial charge in [-0.15, -0.1) is 0 Å². The van der Waals surface area contributed by atoms with Crippen molar-refractivity contribution in [1.82, 2.24) is 9.97 Å². The lowest BCUT2D eigenvalue weighted by Crippen LogP contribution is -2.16. The molecular formula is C12H7ClFN3O3. The number of halogens is 2. The van der Waals surface area contributed by atoms with Gasteiger partial charge in [0.15, 0.2) is 5.69 Å². The molecule has 0 fully saturated rings. The lowest BCUT2D eigenvalue weighted by atomic mass is 10.2. The molecule has 20 heavy (non-hydrogen) atoms. The van der Waals surface area contributed by atoms with Crippen LogP contribution in [-0.4, -0.2) is 27.0 Å². The van der Waals surface area contributed by atoms with Crippen molar-refractivity contribution in [3.63, 3.8) is 0 Å².